The van der Waals surface area contributed by atoms with Gasteiger partial charge >= 0.3 is 0 Å². The average molecular weight is 251 g/mol. The highest BCUT2D eigenvalue weighted by Crippen LogP contribution is 2.30. The molecule has 1 aliphatic rings. The van der Waals surface area contributed by atoms with Gasteiger partial charge < -0.3 is 14.6 Å². The summed E-state index contributed by atoms with van der Waals surface area (Å²) in [5.41, 5.74) is 0. The van der Waals surface area contributed by atoms with Crippen molar-refractivity contribution < 1.29 is 4.74 Å². The van der Waals surface area contributed by atoms with Gasteiger partial charge in [0.25, 0.3) is 0 Å². The summed E-state index contributed by atoms with van der Waals surface area (Å²) in [7, 11) is 0. The van der Waals surface area contributed by atoms with E-state index in [-0.39, 0.29) is 0 Å². The lowest BCUT2D eigenvalue weighted by Crippen LogP contribution is -2.25. The molecule has 4 heteroatoms. The Bertz CT molecular complexity index is 345. The maximum absolute atomic E-state index is 5.43. The molecule has 1 aliphatic carbocycles. The second kappa shape index (κ2) is 6.78. The van der Waals surface area contributed by atoms with E-state index in [4.69, 9.17) is 4.74 Å². The van der Waals surface area contributed by atoms with Crippen LogP contribution in [-0.2, 0) is 4.74 Å². The lowest BCUT2D eigenvalue weighted by Gasteiger charge is -2.25. The first-order valence-corrected chi connectivity index (χ1v) is 7.18. The van der Waals surface area contributed by atoms with Gasteiger partial charge in [-0.15, -0.1) is 0 Å². The number of ether oxygens (including phenoxy) is 1. The zero-order valence-electron chi connectivity index (χ0n) is 11.6. The molecule has 0 aromatic carbocycles. The number of hydrogen-bond acceptors (Lipinski definition) is 3. The van der Waals surface area contributed by atoms with Crippen LogP contribution in [0.3, 0.4) is 0 Å². The largest absolute Gasteiger partial charge is 0.380 e. The topological polar surface area (TPSA) is 39.1 Å². The van der Waals surface area contributed by atoms with Crippen molar-refractivity contribution in [3.05, 3.63) is 12.4 Å². The molecule has 1 aromatic rings. The van der Waals surface area contributed by atoms with Gasteiger partial charge in [-0.25, -0.2) is 4.98 Å². The van der Waals surface area contributed by atoms with Crippen LogP contribution < -0.4 is 5.32 Å². The number of nitrogens with zero attached hydrogens (tertiary/aromatic N) is 2. The summed E-state index contributed by atoms with van der Waals surface area (Å²) in [5, 5.41) is 3.45. The van der Waals surface area contributed by atoms with E-state index in [0.29, 0.717) is 12.1 Å². The predicted octanol–water partition coefficient (Wildman–Crippen LogP) is 3.23. The summed E-state index contributed by atoms with van der Waals surface area (Å²) in [4.78, 5) is 4.44. The summed E-state index contributed by atoms with van der Waals surface area (Å²) < 4.78 is 7.74. The Morgan fingerprint density at radius 2 is 2.22 bits per heavy atom. The van der Waals surface area contributed by atoms with Crippen molar-refractivity contribution in [2.24, 2.45) is 0 Å². The Hall–Kier alpha value is -1.03. The van der Waals surface area contributed by atoms with Crippen molar-refractivity contribution in [2.45, 2.75) is 58.0 Å². The van der Waals surface area contributed by atoms with Gasteiger partial charge in [0.05, 0.1) is 6.61 Å². The summed E-state index contributed by atoms with van der Waals surface area (Å²) in [6, 6.07) is 0.928. The smallest absolute Gasteiger partial charge is 0.203 e. The molecule has 0 amide bonds. The van der Waals surface area contributed by atoms with E-state index in [1.807, 2.05) is 13.1 Å². The fourth-order valence-corrected chi connectivity index (χ4v) is 2.64. The van der Waals surface area contributed by atoms with E-state index in [0.717, 1.165) is 19.2 Å². The molecule has 1 saturated carbocycles. The number of hydrogen-bond donors (Lipinski definition) is 1. The molecule has 1 unspecified atom stereocenters. The summed E-state index contributed by atoms with van der Waals surface area (Å²) in [5.74, 6) is 0.995. The van der Waals surface area contributed by atoms with E-state index >= 15 is 0 Å². The molecule has 0 saturated heterocycles. The molecular formula is C14H25N3O. The molecule has 2 rings (SSSR count). The van der Waals surface area contributed by atoms with Gasteiger partial charge in [0.2, 0.25) is 5.95 Å². The molecule has 102 valence electrons. The van der Waals surface area contributed by atoms with E-state index in [1.54, 1.807) is 0 Å². The Balaban J connectivity index is 1.94. The third-order valence-corrected chi connectivity index (χ3v) is 3.58. The first-order valence-electron chi connectivity index (χ1n) is 7.18. The van der Waals surface area contributed by atoms with Crippen molar-refractivity contribution >= 4 is 5.95 Å². The number of imidazole rings is 1. The number of nitrogens with one attached hydrogen (secondary N) is 1. The van der Waals surface area contributed by atoms with Gasteiger partial charge in [0.15, 0.2) is 0 Å². The van der Waals surface area contributed by atoms with E-state index in [9.17, 15) is 0 Å². The summed E-state index contributed by atoms with van der Waals surface area (Å²) >= 11 is 0. The fraction of sp³-hybridized carbons (Fsp3) is 0.786. The van der Waals surface area contributed by atoms with Crippen LogP contribution in [0.5, 0.6) is 0 Å². The molecule has 1 atom stereocenters. The van der Waals surface area contributed by atoms with Crippen LogP contribution in [-0.4, -0.2) is 28.8 Å². The van der Waals surface area contributed by atoms with E-state index in [2.05, 4.69) is 28.0 Å². The lowest BCUT2D eigenvalue weighted by atomic mass is 9.95. The van der Waals surface area contributed by atoms with Crippen LogP contribution in [0.2, 0.25) is 0 Å². The molecule has 0 aliphatic heterocycles. The fourth-order valence-electron chi connectivity index (χ4n) is 2.64. The van der Waals surface area contributed by atoms with Gasteiger partial charge in [-0.3, -0.25) is 0 Å². The number of anilines is 1. The minimum Gasteiger partial charge on any atom is -0.380 e. The highest BCUT2D eigenvalue weighted by molar-refractivity contribution is 5.28. The molecule has 1 fully saturated rings. The maximum atomic E-state index is 5.43. The Labute approximate surface area is 110 Å². The highest BCUT2D eigenvalue weighted by atomic mass is 16.5. The van der Waals surface area contributed by atoms with Gasteiger partial charge in [-0.1, -0.05) is 19.3 Å². The molecular weight excluding hydrogens is 226 g/mol. The predicted molar refractivity (Wildman–Crippen MR) is 73.9 cm³/mol. The zero-order chi connectivity index (χ0) is 12.8. The number of rotatable bonds is 6. The first kappa shape index (κ1) is 13.4. The van der Waals surface area contributed by atoms with Crippen molar-refractivity contribution in [3.63, 3.8) is 0 Å². The van der Waals surface area contributed by atoms with Gasteiger partial charge in [-0.2, -0.15) is 0 Å². The number of aromatic nitrogens is 2. The molecule has 0 spiro atoms. The van der Waals surface area contributed by atoms with Gasteiger partial charge in [0, 0.05) is 31.1 Å². The van der Waals surface area contributed by atoms with Crippen LogP contribution in [0.25, 0.3) is 0 Å². The molecule has 4 nitrogen and oxygen atoms in total. The van der Waals surface area contributed by atoms with Crippen molar-refractivity contribution in [3.8, 4) is 0 Å². The third kappa shape index (κ3) is 3.48. The lowest BCUT2D eigenvalue weighted by molar-refractivity contribution is 0.141. The standard InChI is InChI=1S/C14H25N3O/c1-3-18-11-12(2)16-14-15-9-10-17(14)13-7-5-4-6-8-13/h9-10,12-13H,3-8,11H2,1-2H3,(H,15,16). The van der Waals surface area contributed by atoms with E-state index < -0.39 is 0 Å². The monoisotopic (exact) mass is 251 g/mol. The Kier molecular flexibility index (Phi) is 5.05. The average Bonchev–Trinajstić information content (AvgIpc) is 2.85. The van der Waals surface area contributed by atoms with Crippen molar-refractivity contribution in [1.29, 1.82) is 0 Å². The minimum atomic E-state index is 0.301. The molecule has 1 heterocycles. The highest BCUT2D eigenvalue weighted by Gasteiger charge is 2.18. The minimum absolute atomic E-state index is 0.301. The third-order valence-electron chi connectivity index (χ3n) is 3.58. The van der Waals surface area contributed by atoms with Crippen LogP contribution in [0.1, 0.15) is 52.0 Å². The van der Waals surface area contributed by atoms with Crippen LogP contribution in [0.15, 0.2) is 12.4 Å². The van der Waals surface area contributed by atoms with Crippen LogP contribution >= 0.6 is 0 Å². The van der Waals surface area contributed by atoms with E-state index in [1.165, 1.54) is 32.1 Å². The Morgan fingerprint density at radius 1 is 1.44 bits per heavy atom. The SMILES string of the molecule is CCOCC(C)Nc1nccn1C1CCCCC1. The molecule has 1 N–H and O–H groups in total. The maximum Gasteiger partial charge on any atom is 0.203 e. The molecule has 0 radical (unpaired) electrons. The summed E-state index contributed by atoms with van der Waals surface area (Å²) in [6.07, 6.45) is 10.6. The van der Waals surface area contributed by atoms with Gasteiger partial charge in [-0.05, 0) is 26.7 Å². The quantitative estimate of drug-likeness (QED) is 0.843. The Morgan fingerprint density at radius 3 is 2.94 bits per heavy atom. The summed E-state index contributed by atoms with van der Waals surface area (Å²) in [6.45, 7) is 5.66. The van der Waals surface area contributed by atoms with Gasteiger partial charge in [0.1, 0.15) is 0 Å². The second-order valence-corrected chi connectivity index (χ2v) is 5.15. The van der Waals surface area contributed by atoms with Crippen LogP contribution in [0.4, 0.5) is 5.95 Å². The first-order chi connectivity index (χ1) is 8.81. The zero-order valence-corrected chi connectivity index (χ0v) is 11.6. The second-order valence-electron chi connectivity index (χ2n) is 5.15. The molecule has 0 bridgehead atoms. The van der Waals surface area contributed by atoms with Crippen molar-refractivity contribution in [2.75, 3.05) is 18.5 Å². The van der Waals surface area contributed by atoms with Crippen molar-refractivity contribution in [1.82, 2.24) is 9.55 Å². The molecule has 18 heavy (non-hydrogen) atoms. The normalized spacial score (nSPS) is 18.8. The molecule has 1 aromatic heterocycles. The van der Waals surface area contributed by atoms with Crippen LogP contribution in [0, 0.1) is 0 Å².